The van der Waals surface area contributed by atoms with Crippen LogP contribution in [-0.4, -0.2) is 24.3 Å². The van der Waals surface area contributed by atoms with Gasteiger partial charge in [0.05, 0.1) is 0 Å². The van der Waals surface area contributed by atoms with E-state index in [0.717, 1.165) is 6.42 Å². The van der Waals surface area contributed by atoms with Gasteiger partial charge in [-0.2, -0.15) is 0 Å². The Morgan fingerprint density at radius 2 is 1.68 bits per heavy atom. The fraction of sp³-hybridized carbons (Fsp3) is 0.611. The summed E-state index contributed by atoms with van der Waals surface area (Å²) in [6, 6.07) is 8.36. The molecule has 0 radical (unpaired) electrons. The summed E-state index contributed by atoms with van der Waals surface area (Å²) in [6.45, 7) is 12.5. The van der Waals surface area contributed by atoms with Crippen molar-refractivity contribution in [2.24, 2.45) is 5.73 Å². The zero-order chi connectivity index (χ0) is 17.0. The molecule has 0 heterocycles. The van der Waals surface area contributed by atoms with E-state index >= 15 is 0 Å². The molecule has 1 atom stereocenters. The van der Waals surface area contributed by atoms with Crippen molar-refractivity contribution in [2.45, 2.75) is 65.0 Å². The Balaban J connectivity index is 2.45. The molecular formula is C18H30N2O2. The van der Waals surface area contributed by atoms with Crippen LogP contribution in [0.1, 0.15) is 52.7 Å². The average molecular weight is 306 g/mol. The van der Waals surface area contributed by atoms with E-state index in [1.807, 2.05) is 20.8 Å². The number of nitrogens with two attached hydrogens (primary N) is 1. The van der Waals surface area contributed by atoms with Crippen molar-refractivity contribution in [1.29, 1.82) is 0 Å². The van der Waals surface area contributed by atoms with Crippen LogP contribution in [0.5, 0.6) is 0 Å². The molecule has 0 bridgehead atoms. The first kappa shape index (κ1) is 18.5. The van der Waals surface area contributed by atoms with Gasteiger partial charge in [0.2, 0.25) is 0 Å². The summed E-state index contributed by atoms with van der Waals surface area (Å²) in [5, 5.41) is 2.71. The Morgan fingerprint density at radius 1 is 1.14 bits per heavy atom. The Morgan fingerprint density at radius 3 is 2.14 bits per heavy atom. The van der Waals surface area contributed by atoms with Gasteiger partial charge in [-0.15, -0.1) is 0 Å². The monoisotopic (exact) mass is 306 g/mol. The Labute approximate surface area is 134 Å². The average Bonchev–Trinajstić information content (AvgIpc) is 2.34. The third-order valence-corrected chi connectivity index (χ3v) is 3.23. The molecule has 124 valence electrons. The molecule has 1 amide bonds. The van der Waals surface area contributed by atoms with Gasteiger partial charge in [0.1, 0.15) is 5.60 Å². The molecule has 1 rings (SSSR count). The molecule has 1 unspecified atom stereocenters. The largest absolute Gasteiger partial charge is 0.444 e. The first-order valence-corrected chi connectivity index (χ1v) is 7.79. The molecular weight excluding hydrogens is 276 g/mol. The molecule has 4 heteroatoms. The highest BCUT2D eigenvalue weighted by Gasteiger charge is 2.17. The number of carbonyl (C=O) groups excluding carboxylic acids is 1. The number of ether oxygens (including phenoxy) is 1. The number of amides is 1. The van der Waals surface area contributed by atoms with Gasteiger partial charge in [-0.1, -0.05) is 45.0 Å². The maximum atomic E-state index is 11.6. The van der Waals surface area contributed by atoms with E-state index in [0.29, 0.717) is 6.54 Å². The van der Waals surface area contributed by atoms with E-state index in [4.69, 9.17) is 10.5 Å². The number of benzene rings is 1. The van der Waals surface area contributed by atoms with Crippen molar-refractivity contribution in [2.75, 3.05) is 6.54 Å². The predicted octanol–water partition coefficient (Wildman–Crippen LogP) is 3.38. The van der Waals surface area contributed by atoms with E-state index in [9.17, 15) is 4.79 Å². The van der Waals surface area contributed by atoms with E-state index in [1.54, 1.807) is 0 Å². The van der Waals surface area contributed by atoms with Crippen LogP contribution in [0.3, 0.4) is 0 Å². The standard InChI is InChI=1S/C18H30N2O2/c1-17(2,3)14-9-7-13(8-10-14)11-15(19)12-20-16(21)22-18(4,5)6/h7-10,15H,11-12,19H2,1-6H3,(H,20,21). The zero-order valence-electron chi connectivity index (χ0n) is 14.7. The van der Waals surface area contributed by atoms with E-state index in [1.165, 1.54) is 11.1 Å². The first-order valence-electron chi connectivity index (χ1n) is 7.79. The van der Waals surface area contributed by atoms with Crippen LogP contribution in [-0.2, 0) is 16.6 Å². The molecule has 4 nitrogen and oxygen atoms in total. The molecule has 0 aromatic heterocycles. The Hall–Kier alpha value is -1.55. The van der Waals surface area contributed by atoms with Crippen LogP contribution in [0.4, 0.5) is 4.79 Å². The summed E-state index contributed by atoms with van der Waals surface area (Å²) >= 11 is 0. The molecule has 3 N–H and O–H groups in total. The summed E-state index contributed by atoms with van der Waals surface area (Å²) in [7, 11) is 0. The third-order valence-electron chi connectivity index (χ3n) is 3.23. The highest BCUT2D eigenvalue weighted by molar-refractivity contribution is 5.67. The minimum absolute atomic E-state index is 0.131. The molecule has 0 aliphatic carbocycles. The predicted molar refractivity (Wildman–Crippen MR) is 91.1 cm³/mol. The third kappa shape index (κ3) is 6.94. The number of rotatable bonds is 4. The minimum Gasteiger partial charge on any atom is -0.444 e. The van der Waals surface area contributed by atoms with E-state index in [2.05, 4.69) is 50.4 Å². The highest BCUT2D eigenvalue weighted by Crippen LogP contribution is 2.22. The van der Waals surface area contributed by atoms with E-state index < -0.39 is 11.7 Å². The lowest BCUT2D eigenvalue weighted by atomic mass is 9.86. The number of hydrogen-bond acceptors (Lipinski definition) is 3. The summed E-state index contributed by atoms with van der Waals surface area (Å²) < 4.78 is 5.19. The fourth-order valence-corrected chi connectivity index (χ4v) is 2.04. The van der Waals surface area contributed by atoms with Gasteiger partial charge in [-0.05, 0) is 43.7 Å². The molecule has 22 heavy (non-hydrogen) atoms. The maximum absolute atomic E-state index is 11.6. The molecule has 1 aromatic carbocycles. The van der Waals surface area contributed by atoms with Crippen LogP contribution in [0.2, 0.25) is 0 Å². The van der Waals surface area contributed by atoms with Crippen LogP contribution >= 0.6 is 0 Å². The Kier molecular flexibility index (Phi) is 6.00. The van der Waals surface area contributed by atoms with Gasteiger partial charge in [0.15, 0.2) is 0 Å². The van der Waals surface area contributed by atoms with Gasteiger partial charge < -0.3 is 15.8 Å². The second-order valence-corrected chi connectivity index (χ2v) is 7.79. The van der Waals surface area contributed by atoms with Crippen LogP contribution in [0, 0.1) is 0 Å². The van der Waals surface area contributed by atoms with E-state index in [-0.39, 0.29) is 11.5 Å². The van der Waals surface area contributed by atoms with Crippen molar-refractivity contribution < 1.29 is 9.53 Å². The van der Waals surface area contributed by atoms with Crippen LogP contribution in [0.25, 0.3) is 0 Å². The van der Waals surface area contributed by atoms with Crippen LogP contribution < -0.4 is 11.1 Å². The van der Waals surface area contributed by atoms with Crippen molar-refractivity contribution >= 4 is 6.09 Å². The number of alkyl carbamates (subject to hydrolysis) is 1. The molecule has 1 aromatic rings. The molecule has 0 aliphatic heterocycles. The molecule has 0 fully saturated rings. The van der Waals surface area contributed by atoms with Crippen molar-refractivity contribution in [3.63, 3.8) is 0 Å². The second-order valence-electron chi connectivity index (χ2n) is 7.79. The molecule has 0 saturated carbocycles. The highest BCUT2D eigenvalue weighted by atomic mass is 16.6. The second kappa shape index (κ2) is 7.14. The molecule has 0 spiro atoms. The fourth-order valence-electron chi connectivity index (χ4n) is 2.04. The molecule has 0 aliphatic rings. The topological polar surface area (TPSA) is 64.3 Å². The van der Waals surface area contributed by atoms with Crippen molar-refractivity contribution in [3.05, 3.63) is 35.4 Å². The summed E-state index contributed by atoms with van der Waals surface area (Å²) in [4.78, 5) is 11.6. The Bertz CT molecular complexity index is 481. The van der Waals surface area contributed by atoms with Gasteiger partial charge >= 0.3 is 6.09 Å². The zero-order valence-corrected chi connectivity index (χ0v) is 14.7. The summed E-state index contributed by atoms with van der Waals surface area (Å²) in [6.07, 6.45) is 0.297. The van der Waals surface area contributed by atoms with Gasteiger partial charge in [0.25, 0.3) is 0 Å². The normalized spacial score (nSPS) is 13.6. The van der Waals surface area contributed by atoms with Gasteiger partial charge in [0, 0.05) is 12.6 Å². The van der Waals surface area contributed by atoms with Gasteiger partial charge in [-0.3, -0.25) is 0 Å². The first-order chi connectivity index (χ1) is 9.97. The lowest BCUT2D eigenvalue weighted by Crippen LogP contribution is -2.41. The number of nitrogens with one attached hydrogen (secondary N) is 1. The van der Waals surface area contributed by atoms with Crippen molar-refractivity contribution in [3.8, 4) is 0 Å². The quantitative estimate of drug-likeness (QED) is 0.896. The molecule has 0 saturated heterocycles. The number of carbonyl (C=O) groups is 1. The number of hydrogen-bond donors (Lipinski definition) is 2. The smallest absolute Gasteiger partial charge is 0.407 e. The lowest BCUT2D eigenvalue weighted by Gasteiger charge is -2.21. The summed E-state index contributed by atoms with van der Waals surface area (Å²) in [5.74, 6) is 0. The van der Waals surface area contributed by atoms with Gasteiger partial charge in [-0.25, -0.2) is 4.79 Å². The summed E-state index contributed by atoms with van der Waals surface area (Å²) in [5.41, 5.74) is 8.21. The maximum Gasteiger partial charge on any atom is 0.407 e. The lowest BCUT2D eigenvalue weighted by molar-refractivity contribution is 0.0524. The minimum atomic E-state index is -0.489. The van der Waals surface area contributed by atoms with Crippen molar-refractivity contribution in [1.82, 2.24) is 5.32 Å². The SMILES string of the molecule is CC(C)(C)OC(=O)NCC(N)Cc1ccc(C(C)(C)C)cc1. The van der Waals surface area contributed by atoms with Crippen LogP contribution in [0.15, 0.2) is 24.3 Å².